The number of hydrogen-bond acceptors (Lipinski definition) is 5. The molecule has 0 aliphatic heterocycles. The third-order valence-corrected chi connectivity index (χ3v) is 8.99. The van der Waals surface area contributed by atoms with Crippen molar-refractivity contribution in [3.63, 3.8) is 0 Å². The fraction of sp³-hybridized carbons (Fsp3) is 0.172. The summed E-state index contributed by atoms with van der Waals surface area (Å²) in [7, 11) is -4.01. The van der Waals surface area contributed by atoms with Gasteiger partial charge in [0.15, 0.2) is 0 Å². The maximum atomic E-state index is 13.6. The Labute approximate surface area is 238 Å². The number of carbonyl (C=O) groups is 1. The average Bonchev–Trinajstić information content (AvgIpc) is 3.21. The second-order valence-corrected chi connectivity index (χ2v) is 12.1. The minimum Gasteiger partial charge on any atom is -0.318 e. The molecule has 1 aromatic heterocycles. The molecule has 10 heteroatoms. The van der Waals surface area contributed by atoms with Gasteiger partial charge in [0.2, 0.25) is 0 Å². The summed E-state index contributed by atoms with van der Waals surface area (Å²) in [4.78, 5) is 14.0. The SMILES string of the molecule is CSc1ccc(S(=O)(=O)N(CC(=O)N/N=C/c2cc(C)n(-c3ccc(Cl)cc3)c2C)c2ccc(C)cc2)cc1. The van der Waals surface area contributed by atoms with Crippen LogP contribution >= 0.6 is 23.4 Å². The van der Waals surface area contributed by atoms with Crippen molar-refractivity contribution in [2.45, 2.75) is 30.6 Å². The van der Waals surface area contributed by atoms with E-state index in [1.165, 1.54) is 11.8 Å². The van der Waals surface area contributed by atoms with Crippen molar-refractivity contribution < 1.29 is 13.2 Å². The summed E-state index contributed by atoms with van der Waals surface area (Å²) in [6, 6.07) is 23.1. The highest BCUT2D eigenvalue weighted by atomic mass is 35.5. The Bertz CT molecular complexity index is 1600. The summed E-state index contributed by atoms with van der Waals surface area (Å²) in [5, 5.41) is 4.78. The number of amides is 1. The van der Waals surface area contributed by atoms with E-state index >= 15 is 0 Å². The van der Waals surface area contributed by atoms with Crippen LogP contribution < -0.4 is 9.73 Å². The van der Waals surface area contributed by atoms with Crippen molar-refractivity contribution in [2.24, 2.45) is 5.10 Å². The van der Waals surface area contributed by atoms with Crippen LogP contribution in [0.2, 0.25) is 5.02 Å². The van der Waals surface area contributed by atoms with Gasteiger partial charge in [-0.3, -0.25) is 9.10 Å². The molecule has 39 heavy (non-hydrogen) atoms. The van der Waals surface area contributed by atoms with Gasteiger partial charge in [-0.2, -0.15) is 5.10 Å². The summed E-state index contributed by atoms with van der Waals surface area (Å²) in [6.07, 6.45) is 3.47. The van der Waals surface area contributed by atoms with Crippen LogP contribution in [0.1, 0.15) is 22.5 Å². The number of sulfonamides is 1. The normalized spacial score (nSPS) is 11.6. The van der Waals surface area contributed by atoms with Crippen LogP contribution in [-0.2, 0) is 14.8 Å². The zero-order valence-corrected chi connectivity index (χ0v) is 24.4. The molecule has 3 aromatic carbocycles. The Kier molecular flexibility index (Phi) is 8.84. The number of hydrogen-bond donors (Lipinski definition) is 1. The summed E-state index contributed by atoms with van der Waals surface area (Å²) in [5.74, 6) is -0.567. The first kappa shape index (κ1) is 28.5. The number of nitrogens with one attached hydrogen (secondary N) is 1. The van der Waals surface area contributed by atoms with E-state index in [1.54, 1.807) is 54.7 Å². The van der Waals surface area contributed by atoms with Crippen LogP contribution in [0.4, 0.5) is 5.69 Å². The predicted octanol–water partition coefficient (Wildman–Crippen LogP) is 6.12. The fourth-order valence-corrected chi connectivity index (χ4v) is 6.10. The molecule has 1 N–H and O–H groups in total. The zero-order chi connectivity index (χ0) is 28.2. The molecule has 0 radical (unpaired) electrons. The van der Waals surface area contributed by atoms with Gasteiger partial charge in [0.25, 0.3) is 15.9 Å². The molecule has 202 valence electrons. The van der Waals surface area contributed by atoms with E-state index in [4.69, 9.17) is 11.6 Å². The molecule has 4 aromatic rings. The Morgan fingerprint density at radius 2 is 1.64 bits per heavy atom. The van der Waals surface area contributed by atoms with E-state index in [1.807, 2.05) is 57.4 Å². The molecule has 0 spiro atoms. The lowest BCUT2D eigenvalue weighted by atomic mass is 10.2. The van der Waals surface area contributed by atoms with E-state index in [9.17, 15) is 13.2 Å². The molecule has 0 aliphatic carbocycles. The number of carbonyl (C=O) groups excluding carboxylic acids is 1. The van der Waals surface area contributed by atoms with Gasteiger partial charge in [0, 0.05) is 32.6 Å². The number of thioether (sulfide) groups is 1. The van der Waals surface area contributed by atoms with Crippen molar-refractivity contribution in [3.05, 3.63) is 106 Å². The molecular weight excluding hydrogens is 552 g/mol. The number of nitrogens with zero attached hydrogens (tertiary/aromatic N) is 3. The molecule has 7 nitrogen and oxygen atoms in total. The molecule has 0 saturated carbocycles. The molecule has 0 aliphatic rings. The highest BCUT2D eigenvalue weighted by Gasteiger charge is 2.27. The van der Waals surface area contributed by atoms with Gasteiger partial charge in [0.05, 0.1) is 16.8 Å². The molecule has 0 atom stereocenters. The number of benzene rings is 3. The summed E-state index contributed by atoms with van der Waals surface area (Å²) in [5.41, 5.74) is 7.56. The van der Waals surface area contributed by atoms with Crippen LogP contribution in [0, 0.1) is 20.8 Å². The first-order chi connectivity index (χ1) is 18.6. The highest BCUT2D eigenvalue weighted by molar-refractivity contribution is 7.98. The van der Waals surface area contributed by atoms with Gasteiger partial charge in [-0.05, 0) is 93.8 Å². The number of aromatic nitrogens is 1. The standard InChI is InChI=1S/C29H29ClN4O3S2/c1-20-5-9-25(10-6-20)33(39(36,37)28-15-13-27(38-4)14-16-28)19-29(35)32-31-18-23-17-21(2)34(22(23)3)26-11-7-24(30)8-12-26/h5-18H,19H2,1-4H3,(H,32,35)/b31-18+. The first-order valence-electron chi connectivity index (χ1n) is 12.1. The Balaban J connectivity index is 1.54. The number of hydrazone groups is 1. The Hall–Kier alpha value is -3.53. The van der Waals surface area contributed by atoms with Crippen molar-refractivity contribution in [2.75, 3.05) is 17.1 Å². The second kappa shape index (κ2) is 12.1. The van der Waals surface area contributed by atoms with Crippen LogP contribution in [0.3, 0.4) is 0 Å². The largest absolute Gasteiger partial charge is 0.318 e. The number of halogens is 1. The predicted molar refractivity (Wildman–Crippen MR) is 160 cm³/mol. The maximum absolute atomic E-state index is 13.6. The zero-order valence-electron chi connectivity index (χ0n) is 22.1. The van der Waals surface area contributed by atoms with Crippen molar-refractivity contribution in [3.8, 4) is 5.69 Å². The maximum Gasteiger partial charge on any atom is 0.264 e. The van der Waals surface area contributed by atoms with Crippen LogP contribution in [0.15, 0.2) is 93.8 Å². The minimum absolute atomic E-state index is 0.104. The number of anilines is 1. The highest BCUT2D eigenvalue weighted by Crippen LogP contribution is 2.26. The van der Waals surface area contributed by atoms with Gasteiger partial charge >= 0.3 is 0 Å². The molecule has 0 bridgehead atoms. The fourth-order valence-electron chi connectivity index (χ4n) is 4.15. The monoisotopic (exact) mass is 580 g/mol. The quantitative estimate of drug-likeness (QED) is 0.147. The van der Waals surface area contributed by atoms with E-state index in [2.05, 4.69) is 15.1 Å². The van der Waals surface area contributed by atoms with Crippen molar-refractivity contribution >= 4 is 51.2 Å². The Morgan fingerprint density at radius 1 is 1.00 bits per heavy atom. The lowest BCUT2D eigenvalue weighted by Gasteiger charge is -2.24. The third kappa shape index (κ3) is 6.55. The van der Waals surface area contributed by atoms with Crippen molar-refractivity contribution in [1.82, 2.24) is 9.99 Å². The number of aryl methyl sites for hydroxylation is 2. The topological polar surface area (TPSA) is 83.8 Å². The van der Waals surface area contributed by atoms with Gasteiger partial charge in [-0.1, -0.05) is 29.3 Å². The van der Waals surface area contributed by atoms with Gasteiger partial charge in [-0.25, -0.2) is 13.8 Å². The van der Waals surface area contributed by atoms with E-state index in [-0.39, 0.29) is 4.90 Å². The van der Waals surface area contributed by atoms with E-state index in [0.29, 0.717) is 10.7 Å². The van der Waals surface area contributed by atoms with E-state index < -0.39 is 22.5 Å². The van der Waals surface area contributed by atoms with Crippen LogP contribution in [0.5, 0.6) is 0 Å². The summed E-state index contributed by atoms with van der Waals surface area (Å²) in [6.45, 7) is 5.41. The lowest BCUT2D eigenvalue weighted by molar-refractivity contribution is -0.119. The molecular formula is C29H29ClN4O3S2. The molecule has 1 amide bonds. The second-order valence-electron chi connectivity index (χ2n) is 8.95. The molecule has 1 heterocycles. The summed E-state index contributed by atoms with van der Waals surface area (Å²) >= 11 is 7.55. The molecule has 0 fully saturated rings. The first-order valence-corrected chi connectivity index (χ1v) is 15.1. The molecule has 0 saturated heterocycles. The summed E-state index contributed by atoms with van der Waals surface area (Å²) < 4.78 is 30.3. The van der Waals surface area contributed by atoms with Crippen LogP contribution in [0.25, 0.3) is 5.69 Å². The molecule has 4 rings (SSSR count). The average molecular weight is 581 g/mol. The molecule has 0 unspecified atom stereocenters. The lowest BCUT2D eigenvalue weighted by Crippen LogP contribution is -2.39. The minimum atomic E-state index is -4.01. The number of rotatable bonds is 9. The van der Waals surface area contributed by atoms with Gasteiger partial charge in [0.1, 0.15) is 6.54 Å². The van der Waals surface area contributed by atoms with Gasteiger partial charge in [-0.15, -0.1) is 11.8 Å². The van der Waals surface area contributed by atoms with Crippen molar-refractivity contribution in [1.29, 1.82) is 0 Å². The van der Waals surface area contributed by atoms with Gasteiger partial charge < -0.3 is 4.57 Å². The smallest absolute Gasteiger partial charge is 0.264 e. The third-order valence-electron chi connectivity index (χ3n) is 6.20. The van der Waals surface area contributed by atoms with E-state index in [0.717, 1.165) is 37.4 Å². The van der Waals surface area contributed by atoms with Crippen LogP contribution in [-0.4, -0.2) is 37.9 Å². The Morgan fingerprint density at radius 3 is 2.26 bits per heavy atom.